The van der Waals surface area contributed by atoms with E-state index in [0.29, 0.717) is 5.56 Å². The fraction of sp³-hybridized carbons (Fsp3) is 0.333. The third-order valence-corrected chi connectivity index (χ3v) is 2.50. The fourth-order valence-corrected chi connectivity index (χ4v) is 1.36. The van der Waals surface area contributed by atoms with Crippen molar-refractivity contribution in [1.82, 2.24) is 0 Å². The highest BCUT2D eigenvalue weighted by Crippen LogP contribution is 2.23. The van der Waals surface area contributed by atoms with Gasteiger partial charge in [-0.3, -0.25) is 4.79 Å². The molecule has 0 saturated carbocycles. The molecule has 1 unspecified atom stereocenters. The molecule has 0 heterocycles. The topological polar surface area (TPSA) is 40.9 Å². The second-order valence-electron chi connectivity index (χ2n) is 3.95. The Morgan fingerprint density at radius 2 is 1.88 bits per heavy atom. The van der Waals surface area contributed by atoms with Crippen LogP contribution in [0.5, 0.6) is 0 Å². The van der Waals surface area contributed by atoms with Crippen molar-refractivity contribution >= 4 is 5.78 Å². The Morgan fingerprint density at radius 1 is 1.38 bits per heavy atom. The zero-order chi connectivity index (χ0) is 12.3. The van der Waals surface area contributed by atoms with Crippen molar-refractivity contribution in [3.63, 3.8) is 0 Å². The van der Waals surface area contributed by atoms with Gasteiger partial charge in [-0.1, -0.05) is 0 Å². The van der Waals surface area contributed by atoms with Gasteiger partial charge in [0.25, 0.3) is 0 Å². The summed E-state index contributed by atoms with van der Waals surface area (Å²) >= 11 is 0. The first-order valence-corrected chi connectivity index (χ1v) is 4.74. The average molecular weight is 223 g/mol. The molecule has 4 heteroatoms. The van der Waals surface area contributed by atoms with Crippen LogP contribution in [0, 0.1) is 28.4 Å². The molecule has 0 aliphatic rings. The number of nitriles is 1. The van der Waals surface area contributed by atoms with Gasteiger partial charge in [-0.15, -0.1) is 0 Å². The largest absolute Gasteiger partial charge is 0.298 e. The SMILES string of the molecule is CC(=O)C(C)(C#N)Cc1cc(F)cc(F)c1. The quantitative estimate of drug-likeness (QED) is 0.790. The van der Waals surface area contributed by atoms with Gasteiger partial charge in [0.15, 0.2) is 0 Å². The molecule has 0 aliphatic heterocycles. The van der Waals surface area contributed by atoms with E-state index in [9.17, 15) is 13.6 Å². The van der Waals surface area contributed by atoms with Gasteiger partial charge >= 0.3 is 0 Å². The Bertz CT molecular complexity index is 444. The Balaban J connectivity index is 3.05. The number of ketones is 1. The monoisotopic (exact) mass is 223 g/mol. The number of hydrogen-bond acceptors (Lipinski definition) is 2. The summed E-state index contributed by atoms with van der Waals surface area (Å²) in [5.41, 5.74) is -0.933. The van der Waals surface area contributed by atoms with Gasteiger partial charge in [0, 0.05) is 6.07 Å². The van der Waals surface area contributed by atoms with E-state index in [1.807, 2.05) is 6.07 Å². The van der Waals surface area contributed by atoms with E-state index in [0.717, 1.165) is 18.2 Å². The molecular weight excluding hydrogens is 212 g/mol. The van der Waals surface area contributed by atoms with Gasteiger partial charge < -0.3 is 0 Å². The van der Waals surface area contributed by atoms with Crippen LogP contribution in [0.1, 0.15) is 19.4 Å². The Kier molecular flexibility index (Phi) is 3.38. The number of nitrogens with zero attached hydrogens (tertiary/aromatic N) is 1. The van der Waals surface area contributed by atoms with Crippen LogP contribution in [0.25, 0.3) is 0 Å². The number of Topliss-reactive ketones (excluding diaryl/α,β-unsaturated/α-hetero) is 1. The number of carbonyl (C=O) groups excluding carboxylic acids is 1. The molecule has 1 aromatic rings. The van der Waals surface area contributed by atoms with Crippen LogP contribution in [0.4, 0.5) is 8.78 Å². The highest BCUT2D eigenvalue weighted by Gasteiger charge is 2.30. The Hall–Kier alpha value is -1.76. The highest BCUT2D eigenvalue weighted by molar-refractivity contribution is 5.85. The fourth-order valence-electron chi connectivity index (χ4n) is 1.36. The minimum Gasteiger partial charge on any atom is -0.298 e. The van der Waals surface area contributed by atoms with Crippen LogP contribution in [-0.4, -0.2) is 5.78 Å². The predicted octanol–water partition coefficient (Wildman–Crippen LogP) is 2.63. The lowest BCUT2D eigenvalue weighted by molar-refractivity contribution is -0.123. The van der Waals surface area contributed by atoms with Gasteiger partial charge in [-0.25, -0.2) is 8.78 Å². The molecule has 1 aromatic carbocycles. The van der Waals surface area contributed by atoms with E-state index >= 15 is 0 Å². The van der Waals surface area contributed by atoms with Crippen LogP contribution in [-0.2, 0) is 11.2 Å². The van der Waals surface area contributed by atoms with Crippen molar-refractivity contribution in [2.75, 3.05) is 0 Å². The molecule has 1 rings (SSSR count). The molecule has 84 valence electrons. The lowest BCUT2D eigenvalue weighted by Gasteiger charge is -2.17. The molecule has 0 amide bonds. The van der Waals surface area contributed by atoms with E-state index < -0.39 is 17.0 Å². The van der Waals surface area contributed by atoms with Crippen molar-refractivity contribution in [2.45, 2.75) is 20.3 Å². The summed E-state index contributed by atoms with van der Waals surface area (Å²) in [6.07, 6.45) is 0.00745. The summed E-state index contributed by atoms with van der Waals surface area (Å²) in [5.74, 6) is -1.74. The molecule has 0 bridgehead atoms. The molecule has 16 heavy (non-hydrogen) atoms. The van der Waals surface area contributed by atoms with Crippen LogP contribution < -0.4 is 0 Å². The first-order chi connectivity index (χ1) is 7.37. The van der Waals surface area contributed by atoms with Crippen molar-refractivity contribution in [3.05, 3.63) is 35.4 Å². The molecule has 0 saturated heterocycles. The summed E-state index contributed by atoms with van der Waals surface area (Å²) in [6, 6.07) is 4.88. The van der Waals surface area contributed by atoms with E-state index in [4.69, 9.17) is 5.26 Å². The average Bonchev–Trinajstić information content (AvgIpc) is 2.15. The van der Waals surface area contributed by atoms with Crippen molar-refractivity contribution < 1.29 is 13.6 Å². The third-order valence-electron chi connectivity index (χ3n) is 2.50. The Morgan fingerprint density at radius 3 is 2.25 bits per heavy atom. The Labute approximate surface area is 92.5 Å². The van der Waals surface area contributed by atoms with Gasteiger partial charge in [0.05, 0.1) is 6.07 Å². The third kappa shape index (κ3) is 2.63. The number of rotatable bonds is 3. The molecule has 0 fully saturated rings. The number of halogens is 2. The minimum absolute atomic E-state index is 0.00745. The van der Waals surface area contributed by atoms with Crippen LogP contribution in [0.2, 0.25) is 0 Å². The number of benzene rings is 1. The van der Waals surface area contributed by atoms with Gasteiger partial charge in [0.2, 0.25) is 0 Å². The van der Waals surface area contributed by atoms with Crippen LogP contribution >= 0.6 is 0 Å². The van der Waals surface area contributed by atoms with Crippen molar-refractivity contribution in [1.29, 1.82) is 5.26 Å². The smallest absolute Gasteiger partial charge is 0.150 e. The second-order valence-corrected chi connectivity index (χ2v) is 3.95. The maximum Gasteiger partial charge on any atom is 0.150 e. The zero-order valence-electron chi connectivity index (χ0n) is 9.05. The molecular formula is C12H11F2NO. The summed E-state index contributed by atoms with van der Waals surface area (Å²) in [5, 5.41) is 8.90. The second kappa shape index (κ2) is 4.40. The summed E-state index contributed by atoms with van der Waals surface area (Å²) in [6.45, 7) is 2.75. The standard InChI is InChI=1S/C12H11F2NO/c1-8(16)12(2,7-15)6-9-3-10(13)5-11(14)4-9/h3-5H,6H2,1-2H3. The summed E-state index contributed by atoms with van der Waals surface area (Å²) in [4.78, 5) is 11.3. The summed E-state index contributed by atoms with van der Waals surface area (Å²) < 4.78 is 25.8. The number of carbonyl (C=O) groups is 1. The maximum atomic E-state index is 12.9. The molecule has 0 N–H and O–H groups in total. The van der Waals surface area contributed by atoms with Gasteiger partial charge in [-0.05, 0) is 38.0 Å². The minimum atomic E-state index is -1.24. The molecule has 2 nitrogen and oxygen atoms in total. The molecule has 0 aromatic heterocycles. The van der Waals surface area contributed by atoms with E-state index in [-0.39, 0.29) is 12.2 Å². The van der Waals surface area contributed by atoms with E-state index in [2.05, 4.69) is 0 Å². The first-order valence-electron chi connectivity index (χ1n) is 4.74. The predicted molar refractivity (Wildman–Crippen MR) is 54.5 cm³/mol. The lowest BCUT2D eigenvalue weighted by Crippen LogP contribution is -2.26. The normalized spacial score (nSPS) is 13.9. The lowest BCUT2D eigenvalue weighted by atomic mass is 9.82. The molecule has 1 atom stereocenters. The summed E-state index contributed by atoms with van der Waals surface area (Å²) in [7, 11) is 0. The molecule has 0 aliphatic carbocycles. The van der Waals surface area contributed by atoms with Crippen molar-refractivity contribution in [2.24, 2.45) is 5.41 Å². The maximum absolute atomic E-state index is 12.9. The molecule has 0 spiro atoms. The number of hydrogen-bond donors (Lipinski definition) is 0. The first kappa shape index (κ1) is 12.3. The molecule has 0 radical (unpaired) electrons. The van der Waals surface area contributed by atoms with Crippen molar-refractivity contribution in [3.8, 4) is 6.07 Å². The van der Waals surface area contributed by atoms with E-state index in [1.165, 1.54) is 13.8 Å². The van der Waals surface area contributed by atoms with Crippen LogP contribution in [0.3, 0.4) is 0 Å². The van der Waals surface area contributed by atoms with E-state index in [1.54, 1.807) is 0 Å². The van der Waals surface area contributed by atoms with Gasteiger partial charge in [0.1, 0.15) is 22.8 Å². The highest BCUT2D eigenvalue weighted by atomic mass is 19.1. The van der Waals surface area contributed by atoms with Crippen LogP contribution in [0.15, 0.2) is 18.2 Å². The zero-order valence-corrected chi connectivity index (χ0v) is 9.05. The van der Waals surface area contributed by atoms with Gasteiger partial charge in [-0.2, -0.15) is 5.26 Å².